The number of nitrogens with one attached hydrogen (secondary N) is 2. The van der Waals surface area contributed by atoms with Crippen molar-refractivity contribution >= 4 is 22.6 Å². The number of pyridine rings is 1. The molecular formula is C21H23N3O2. The highest BCUT2D eigenvalue weighted by molar-refractivity contribution is 5.91. The first-order valence-electron chi connectivity index (χ1n) is 8.78. The van der Waals surface area contributed by atoms with Crippen LogP contribution in [0.5, 0.6) is 5.75 Å². The quantitative estimate of drug-likeness (QED) is 0.652. The standard InChI is InChI=1S/C21H23N3O2/c1-3-16-7-4-6-15(2)20(16)24-21(25)23-12-13-26-18-9-10-19-17(14-18)8-5-11-22-19/h4-11,14H,3,12-13H2,1-2H3,(H2,23,24,25). The number of para-hydroxylation sites is 1. The van der Waals surface area contributed by atoms with Crippen LogP contribution in [0.2, 0.25) is 0 Å². The van der Waals surface area contributed by atoms with Gasteiger partial charge in [-0.3, -0.25) is 4.98 Å². The highest BCUT2D eigenvalue weighted by Crippen LogP contribution is 2.21. The van der Waals surface area contributed by atoms with Crippen molar-refractivity contribution in [3.8, 4) is 5.75 Å². The molecule has 26 heavy (non-hydrogen) atoms. The lowest BCUT2D eigenvalue weighted by molar-refractivity contribution is 0.247. The second kappa shape index (κ2) is 8.34. The van der Waals surface area contributed by atoms with Gasteiger partial charge in [-0.1, -0.05) is 31.2 Å². The van der Waals surface area contributed by atoms with E-state index in [9.17, 15) is 4.79 Å². The van der Waals surface area contributed by atoms with Crippen molar-refractivity contribution in [3.63, 3.8) is 0 Å². The number of fused-ring (bicyclic) bond motifs is 1. The van der Waals surface area contributed by atoms with Gasteiger partial charge in [-0.2, -0.15) is 0 Å². The molecule has 1 heterocycles. The topological polar surface area (TPSA) is 63.2 Å². The smallest absolute Gasteiger partial charge is 0.319 e. The predicted octanol–water partition coefficient (Wildman–Crippen LogP) is 4.31. The Morgan fingerprint density at radius 1 is 1.15 bits per heavy atom. The molecule has 0 spiro atoms. The van der Waals surface area contributed by atoms with Gasteiger partial charge in [-0.15, -0.1) is 0 Å². The molecular weight excluding hydrogens is 326 g/mol. The van der Waals surface area contributed by atoms with Crippen molar-refractivity contribution in [2.75, 3.05) is 18.5 Å². The van der Waals surface area contributed by atoms with Crippen molar-refractivity contribution in [1.29, 1.82) is 0 Å². The summed E-state index contributed by atoms with van der Waals surface area (Å²) in [6.07, 6.45) is 2.64. The Morgan fingerprint density at radius 3 is 2.88 bits per heavy atom. The fourth-order valence-corrected chi connectivity index (χ4v) is 2.84. The number of aryl methyl sites for hydroxylation is 2. The van der Waals surface area contributed by atoms with Crippen LogP contribution in [0.4, 0.5) is 10.5 Å². The minimum absolute atomic E-state index is 0.222. The molecule has 3 rings (SSSR count). The van der Waals surface area contributed by atoms with Crippen molar-refractivity contribution in [1.82, 2.24) is 10.3 Å². The van der Waals surface area contributed by atoms with Crippen LogP contribution in [-0.4, -0.2) is 24.2 Å². The Labute approximate surface area is 153 Å². The fraction of sp³-hybridized carbons (Fsp3) is 0.238. The first kappa shape index (κ1) is 17.7. The van der Waals surface area contributed by atoms with E-state index >= 15 is 0 Å². The zero-order valence-corrected chi connectivity index (χ0v) is 15.1. The van der Waals surface area contributed by atoms with Gasteiger partial charge < -0.3 is 15.4 Å². The SMILES string of the molecule is CCc1cccc(C)c1NC(=O)NCCOc1ccc2ncccc2c1. The van der Waals surface area contributed by atoms with Crippen LogP contribution >= 0.6 is 0 Å². The van der Waals surface area contributed by atoms with Crippen LogP contribution < -0.4 is 15.4 Å². The van der Waals surface area contributed by atoms with E-state index in [0.29, 0.717) is 13.2 Å². The van der Waals surface area contributed by atoms with Gasteiger partial charge in [0, 0.05) is 17.3 Å². The summed E-state index contributed by atoms with van der Waals surface area (Å²) in [5, 5.41) is 6.80. The first-order chi connectivity index (χ1) is 12.7. The maximum absolute atomic E-state index is 12.1. The molecule has 2 N–H and O–H groups in total. The summed E-state index contributed by atoms with van der Waals surface area (Å²) in [5.74, 6) is 0.764. The van der Waals surface area contributed by atoms with E-state index in [1.807, 2.05) is 55.5 Å². The number of rotatable bonds is 6. The molecule has 134 valence electrons. The Balaban J connectivity index is 1.49. The van der Waals surface area contributed by atoms with E-state index in [4.69, 9.17) is 4.74 Å². The largest absolute Gasteiger partial charge is 0.492 e. The maximum atomic E-state index is 12.1. The Hall–Kier alpha value is -3.08. The van der Waals surface area contributed by atoms with Crippen LogP contribution in [0.1, 0.15) is 18.1 Å². The summed E-state index contributed by atoms with van der Waals surface area (Å²) in [5.41, 5.74) is 4.00. The average Bonchev–Trinajstić information content (AvgIpc) is 2.66. The van der Waals surface area contributed by atoms with E-state index in [-0.39, 0.29) is 6.03 Å². The van der Waals surface area contributed by atoms with Gasteiger partial charge in [0.1, 0.15) is 12.4 Å². The molecule has 0 aliphatic heterocycles. The molecule has 0 saturated carbocycles. The van der Waals surface area contributed by atoms with Gasteiger partial charge in [0.25, 0.3) is 0 Å². The molecule has 3 aromatic rings. The molecule has 2 amide bonds. The second-order valence-electron chi connectivity index (χ2n) is 6.05. The molecule has 0 atom stereocenters. The zero-order chi connectivity index (χ0) is 18.4. The van der Waals surface area contributed by atoms with Crippen LogP contribution in [0.3, 0.4) is 0 Å². The lowest BCUT2D eigenvalue weighted by atomic mass is 10.1. The number of anilines is 1. The number of amides is 2. The molecule has 0 unspecified atom stereocenters. The normalized spacial score (nSPS) is 10.5. The lowest BCUT2D eigenvalue weighted by Gasteiger charge is -2.14. The third kappa shape index (κ3) is 4.30. The minimum atomic E-state index is -0.222. The van der Waals surface area contributed by atoms with Crippen LogP contribution in [0, 0.1) is 6.92 Å². The zero-order valence-electron chi connectivity index (χ0n) is 15.1. The summed E-state index contributed by atoms with van der Waals surface area (Å²) in [7, 11) is 0. The molecule has 1 aromatic heterocycles. The third-order valence-corrected chi connectivity index (χ3v) is 4.21. The highest BCUT2D eigenvalue weighted by Gasteiger charge is 2.08. The summed E-state index contributed by atoms with van der Waals surface area (Å²) in [6, 6.07) is 15.5. The molecule has 0 bridgehead atoms. The molecule has 0 aliphatic rings. The number of ether oxygens (including phenoxy) is 1. The highest BCUT2D eigenvalue weighted by atomic mass is 16.5. The van der Waals surface area contributed by atoms with Crippen LogP contribution in [-0.2, 0) is 6.42 Å². The van der Waals surface area contributed by atoms with Crippen molar-refractivity contribution < 1.29 is 9.53 Å². The second-order valence-corrected chi connectivity index (χ2v) is 6.05. The summed E-state index contributed by atoms with van der Waals surface area (Å²) in [6.45, 7) is 4.88. The van der Waals surface area contributed by atoms with Gasteiger partial charge >= 0.3 is 6.03 Å². The minimum Gasteiger partial charge on any atom is -0.492 e. The number of urea groups is 1. The van der Waals surface area contributed by atoms with Gasteiger partial charge in [0.15, 0.2) is 0 Å². The number of aromatic nitrogens is 1. The van der Waals surface area contributed by atoms with Crippen LogP contribution in [0.15, 0.2) is 54.7 Å². The van der Waals surface area contributed by atoms with Gasteiger partial charge in [-0.05, 0) is 48.7 Å². The Bertz CT molecular complexity index is 909. The number of hydrogen-bond acceptors (Lipinski definition) is 3. The molecule has 5 nitrogen and oxygen atoms in total. The van der Waals surface area contributed by atoms with Crippen molar-refractivity contribution in [2.24, 2.45) is 0 Å². The summed E-state index contributed by atoms with van der Waals surface area (Å²) in [4.78, 5) is 16.4. The molecule has 0 radical (unpaired) electrons. The van der Waals surface area contributed by atoms with E-state index < -0.39 is 0 Å². The predicted molar refractivity (Wildman–Crippen MR) is 105 cm³/mol. The maximum Gasteiger partial charge on any atom is 0.319 e. The number of carbonyl (C=O) groups excluding carboxylic acids is 1. The number of nitrogens with zero attached hydrogens (tertiary/aromatic N) is 1. The molecule has 0 saturated heterocycles. The lowest BCUT2D eigenvalue weighted by Crippen LogP contribution is -2.32. The molecule has 5 heteroatoms. The summed E-state index contributed by atoms with van der Waals surface area (Å²) < 4.78 is 5.71. The number of carbonyl (C=O) groups is 1. The number of benzene rings is 2. The van der Waals surface area contributed by atoms with E-state index in [1.54, 1.807) is 6.20 Å². The van der Waals surface area contributed by atoms with E-state index in [1.165, 1.54) is 0 Å². The van der Waals surface area contributed by atoms with Gasteiger partial charge in [0.2, 0.25) is 0 Å². The molecule has 0 aliphatic carbocycles. The monoisotopic (exact) mass is 349 g/mol. The van der Waals surface area contributed by atoms with Gasteiger partial charge in [0.05, 0.1) is 12.1 Å². The average molecular weight is 349 g/mol. The van der Waals surface area contributed by atoms with Crippen molar-refractivity contribution in [2.45, 2.75) is 20.3 Å². The fourth-order valence-electron chi connectivity index (χ4n) is 2.84. The van der Waals surface area contributed by atoms with Gasteiger partial charge in [-0.25, -0.2) is 4.79 Å². The first-order valence-corrected chi connectivity index (χ1v) is 8.78. The molecule has 2 aromatic carbocycles. The Kier molecular flexibility index (Phi) is 5.69. The van der Waals surface area contributed by atoms with E-state index in [0.717, 1.165) is 39.9 Å². The Morgan fingerprint density at radius 2 is 2.04 bits per heavy atom. The van der Waals surface area contributed by atoms with Crippen molar-refractivity contribution in [3.05, 3.63) is 65.9 Å². The van der Waals surface area contributed by atoms with E-state index in [2.05, 4.69) is 22.5 Å². The summed E-state index contributed by atoms with van der Waals surface area (Å²) >= 11 is 0. The third-order valence-electron chi connectivity index (χ3n) is 4.21. The molecule has 0 fully saturated rings. The number of hydrogen-bond donors (Lipinski definition) is 2. The van der Waals surface area contributed by atoms with Crippen LogP contribution in [0.25, 0.3) is 10.9 Å².